The Bertz CT molecular complexity index is 516. The molecule has 0 atom stereocenters. The van der Waals surface area contributed by atoms with E-state index in [1.807, 2.05) is 6.92 Å². The van der Waals surface area contributed by atoms with Crippen LogP contribution < -0.4 is 9.64 Å². The topological polar surface area (TPSA) is 68.2 Å². The number of benzene rings is 1. The highest BCUT2D eigenvalue weighted by Gasteiger charge is 2.27. The second kappa shape index (κ2) is 8.62. The van der Waals surface area contributed by atoms with Gasteiger partial charge in [-0.3, -0.25) is 4.90 Å². The summed E-state index contributed by atoms with van der Waals surface area (Å²) in [5.74, 6) is 0.930. The molecule has 0 unspecified atom stereocenters. The van der Waals surface area contributed by atoms with Crippen LogP contribution in [-0.4, -0.2) is 44.7 Å². The van der Waals surface area contributed by atoms with E-state index in [-0.39, 0.29) is 5.75 Å². The zero-order valence-corrected chi connectivity index (χ0v) is 13.8. The average Bonchev–Trinajstić information content (AvgIpc) is 3.36. The van der Waals surface area contributed by atoms with Crippen LogP contribution in [-0.2, 0) is 9.47 Å². The predicted octanol–water partition coefficient (Wildman–Crippen LogP) is 3.18. The lowest BCUT2D eigenvalue weighted by molar-refractivity contribution is 0.143. The fraction of sp³-hybridized carbons (Fsp3) is 0.588. The first-order valence-corrected chi connectivity index (χ1v) is 8.05. The van der Waals surface area contributed by atoms with Crippen molar-refractivity contribution in [1.29, 1.82) is 0 Å². The number of para-hydroxylation sites is 1. The molecule has 1 N–H and O–H groups in total. The third-order valence-corrected chi connectivity index (χ3v) is 3.60. The molecule has 0 bridgehead atoms. The number of carbonyl (C=O) groups excluding carboxylic acids is 1. The van der Waals surface area contributed by atoms with Gasteiger partial charge in [-0.05, 0) is 37.3 Å². The number of nitrogens with zero attached hydrogens (tertiary/aromatic N) is 1. The minimum Gasteiger partial charge on any atom is -0.506 e. The van der Waals surface area contributed by atoms with E-state index >= 15 is 0 Å². The fourth-order valence-electron chi connectivity index (χ4n) is 2.20. The van der Waals surface area contributed by atoms with E-state index in [0.29, 0.717) is 43.7 Å². The molecule has 0 heterocycles. The van der Waals surface area contributed by atoms with Crippen LogP contribution in [0.4, 0.5) is 10.5 Å². The van der Waals surface area contributed by atoms with Crippen molar-refractivity contribution in [2.24, 2.45) is 5.92 Å². The smallest absolute Gasteiger partial charge is 0.414 e. The van der Waals surface area contributed by atoms with Gasteiger partial charge in [-0.25, -0.2) is 4.79 Å². The standard InChI is InChI=1S/C17H25NO5/c1-3-9-18(17(20)23-12-13-7-8-13)16-14(19)5-4-6-15(16)22-11-10-21-2/h4-6,13,19H,3,7-12H2,1-2H3. The molecule has 0 aliphatic heterocycles. The number of anilines is 1. The normalized spacial score (nSPS) is 13.7. The zero-order valence-electron chi connectivity index (χ0n) is 13.8. The molecule has 1 aliphatic carbocycles. The molecule has 0 radical (unpaired) electrons. The molecule has 1 aromatic carbocycles. The van der Waals surface area contributed by atoms with Crippen molar-refractivity contribution in [3.63, 3.8) is 0 Å². The lowest BCUT2D eigenvalue weighted by Crippen LogP contribution is -2.33. The van der Waals surface area contributed by atoms with E-state index in [9.17, 15) is 9.90 Å². The van der Waals surface area contributed by atoms with E-state index in [2.05, 4.69) is 0 Å². The molecule has 6 nitrogen and oxygen atoms in total. The number of aromatic hydroxyl groups is 1. The van der Waals surface area contributed by atoms with Crippen LogP contribution in [0.2, 0.25) is 0 Å². The monoisotopic (exact) mass is 323 g/mol. The summed E-state index contributed by atoms with van der Waals surface area (Å²) in [6.45, 7) is 3.61. The Kier molecular flexibility index (Phi) is 6.52. The first kappa shape index (κ1) is 17.4. The summed E-state index contributed by atoms with van der Waals surface area (Å²) >= 11 is 0. The van der Waals surface area contributed by atoms with E-state index in [4.69, 9.17) is 14.2 Å². The molecule has 23 heavy (non-hydrogen) atoms. The highest BCUT2D eigenvalue weighted by molar-refractivity contribution is 5.92. The third-order valence-electron chi connectivity index (χ3n) is 3.60. The summed E-state index contributed by atoms with van der Waals surface area (Å²) in [4.78, 5) is 13.9. The van der Waals surface area contributed by atoms with Gasteiger partial charge in [0.15, 0.2) is 0 Å². The fourth-order valence-corrected chi connectivity index (χ4v) is 2.20. The van der Waals surface area contributed by atoms with Gasteiger partial charge in [0.25, 0.3) is 0 Å². The van der Waals surface area contributed by atoms with E-state index < -0.39 is 6.09 Å². The van der Waals surface area contributed by atoms with Crippen LogP contribution in [0, 0.1) is 5.92 Å². The Morgan fingerprint density at radius 2 is 2.13 bits per heavy atom. The van der Waals surface area contributed by atoms with Crippen LogP contribution in [0.1, 0.15) is 26.2 Å². The summed E-state index contributed by atoms with van der Waals surface area (Å²) in [6, 6.07) is 4.94. The maximum atomic E-state index is 12.4. The Hall–Kier alpha value is -1.95. The zero-order chi connectivity index (χ0) is 16.7. The lowest BCUT2D eigenvalue weighted by Gasteiger charge is -2.24. The third kappa shape index (κ3) is 5.03. The molecule has 6 heteroatoms. The maximum absolute atomic E-state index is 12.4. The van der Waals surface area contributed by atoms with Gasteiger partial charge in [-0.1, -0.05) is 13.0 Å². The number of hydrogen-bond donors (Lipinski definition) is 1. The van der Waals surface area contributed by atoms with Crippen LogP contribution in [0.3, 0.4) is 0 Å². The number of ether oxygens (including phenoxy) is 3. The minimum absolute atomic E-state index is 0.00302. The lowest BCUT2D eigenvalue weighted by atomic mass is 10.2. The Balaban J connectivity index is 2.16. The quantitative estimate of drug-likeness (QED) is 0.707. The molecular formula is C17H25NO5. The Morgan fingerprint density at radius 3 is 2.78 bits per heavy atom. The SMILES string of the molecule is CCCN(C(=O)OCC1CC1)c1c(O)cccc1OCCOC. The number of phenolic OH excluding ortho intramolecular Hbond substituents is 1. The molecule has 1 amide bonds. The number of hydrogen-bond acceptors (Lipinski definition) is 5. The number of amides is 1. The van der Waals surface area contributed by atoms with E-state index in [1.54, 1.807) is 19.2 Å². The van der Waals surface area contributed by atoms with E-state index in [1.165, 1.54) is 11.0 Å². The molecular weight excluding hydrogens is 298 g/mol. The molecule has 1 saturated carbocycles. The molecule has 0 aromatic heterocycles. The Labute approximate surface area is 136 Å². The first-order valence-electron chi connectivity index (χ1n) is 8.05. The highest BCUT2D eigenvalue weighted by atomic mass is 16.6. The van der Waals surface area contributed by atoms with Crippen molar-refractivity contribution in [1.82, 2.24) is 0 Å². The van der Waals surface area contributed by atoms with Gasteiger partial charge in [0.2, 0.25) is 0 Å². The second-order valence-electron chi connectivity index (χ2n) is 5.64. The highest BCUT2D eigenvalue weighted by Crippen LogP contribution is 2.38. The van der Waals surface area contributed by atoms with Gasteiger partial charge in [-0.15, -0.1) is 0 Å². The molecule has 0 spiro atoms. The Morgan fingerprint density at radius 1 is 1.35 bits per heavy atom. The van der Waals surface area contributed by atoms with Crippen molar-refractivity contribution in [3.05, 3.63) is 18.2 Å². The number of carbonyl (C=O) groups is 1. The van der Waals surface area contributed by atoms with Crippen molar-refractivity contribution in [2.75, 3.05) is 38.4 Å². The van der Waals surface area contributed by atoms with Crippen LogP contribution in [0.15, 0.2) is 18.2 Å². The van der Waals surface area contributed by atoms with Crippen molar-refractivity contribution >= 4 is 11.8 Å². The molecule has 2 rings (SSSR count). The van der Waals surface area contributed by atoms with Crippen molar-refractivity contribution < 1.29 is 24.1 Å². The molecule has 1 aliphatic rings. The number of methoxy groups -OCH3 is 1. The number of phenols is 1. The van der Waals surface area contributed by atoms with Gasteiger partial charge >= 0.3 is 6.09 Å². The summed E-state index contributed by atoms with van der Waals surface area (Å²) in [5.41, 5.74) is 0.353. The first-order chi connectivity index (χ1) is 11.2. The van der Waals surface area contributed by atoms with Gasteiger partial charge in [-0.2, -0.15) is 0 Å². The minimum atomic E-state index is -0.447. The molecule has 0 saturated heterocycles. The van der Waals surface area contributed by atoms with Gasteiger partial charge in [0.05, 0.1) is 13.2 Å². The molecule has 1 fully saturated rings. The van der Waals surface area contributed by atoms with Gasteiger partial charge in [0, 0.05) is 13.7 Å². The summed E-state index contributed by atoms with van der Waals surface area (Å²) < 4.78 is 16.0. The summed E-state index contributed by atoms with van der Waals surface area (Å²) in [6.07, 6.45) is 2.52. The maximum Gasteiger partial charge on any atom is 0.414 e. The van der Waals surface area contributed by atoms with Crippen molar-refractivity contribution in [2.45, 2.75) is 26.2 Å². The van der Waals surface area contributed by atoms with E-state index in [0.717, 1.165) is 19.3 Å². The summed E-state index contributed by atoms with van der Waals surface area (Å²) in [7, 11) is 1.59. The van der Waals surface area contributed by atoms with Crippen LogP contribution in [0.25, 0.3) is 0 Å². The molecule has 128 valence electrons. The second-order valence-corrected chi connectivity index (χ2v) is 5.64. The van der Waals surface area contributed by atoms with Crippen LogP contribution in [0.5, 0.6) is 11.5 Å². The molecule has 1 aromatic rings. The van der Waals surface area contributed by atoms with Gasteiger partial charge in [0.1, 0.15) is 23.8 Å². The average molecular weight is 323 g/mol. The largest absolute Gasteiger partial charge is 0.506 e. The number of rotatable bonds is 9. The van der Waals surface area contributed by atoms with Crippen molar-refractivity contribution in [3.8, 4) is 11.5 Å². The van der Waals surface area contributed by atoms with Gasteiger partial charge < -0.3 is 19.3 Å². The predicted molar refractivity (Wildman–Crippen MR) is 87.2 cm³/mol. The van der Waals surface area contributed by atoms with Crippen LogP contribution >= 0.6 is 0 Å². The summed E-state index contributed by atoms with van der Waals surface area (Å²) in [5, 5.41) is 10.2.